The van der Waals surface area contributed by atoms with E-state index in [0.29, 0.717) is 67.4 Å². The highest BCUT2D eigenvalue weighted by Crippen LogP contribution is 2.22. The van der Waals surface area contributed by atoms with Crippen LogP contribution >= 0.6 is 78.3 Å². The molecule has 0 aromatic heterocycles. The third-order valence-electron chi connectivity index (χ3n) is 14.4. The van der Waals surface area contributed by atoms with E-state index in [1.54, 1.807) is 170 Å². The number of aliphatic hydroxyl groups excluding tert-OH is 2. The Labute approximate surface area is 669 Å². The van der Waals surface area contributed by atoms with E-state index >= 15 is 0 Å². The summed E-state index contributed by atoms with van der Waals surface area (Å²) in [6.07, 6.45) is 7.47. The quantitative estimate of drug-likeness (QED) is 0.0362. The number of halogens is 6. The van der Waals surface area contributed by atoms with Crippen LogP contribution in [0.4, 0.5) is 0 Å². The van der Waals surface area contributed by atoms with Crippen LogP contribution in [0.2, 0.25) is 0 Å². The summed E-state index contributed by atoms with van der Waals surface area (Å²) in [6, 6.07) is 68.6. The number of carbonyl (C=O) groups excluding carboxylic acids is 6. The first-order valence-electron chi connectivity index (χ1n) is 31.9. The molecule has 0 aliphatic heterocycles. The number of aldehydes is 2. The predicted molar refractivity (Wildman–Crippen MR) is 442 cm³/mol. The molecule has 26 heteroatoms. The van der Waals surface area contributed by atoms with Gasteiger partial charge in [-0.1, -0.05) is 206 Å². The Morgan fingerprint density at radius 3 is 0.769 bits per heavy atom. The number of aliphatic hydroxyl groups is 2. The maximum Gasteiger partial charge on any atom is 0.252 e. The highest BCUT2D eigenvalue weighted by atomic mass is 79.9. The van der Waals surface area contributed by atoms with Crippen LogP contribution < -0.4 is 0 Å². The molecule has 0 saturated carbocycles. The summed E-state index contributed by atoms with van der Waals surface area (Å²) < 4.78 is 93.9. The van der Waals surface area contributed by atoms with Crippen molar-refractivity contribution in [2.45, 2.75) is 71.6 Å². The van der Waals surface area contributed by atoms with Crippen molar-refractivity contribution in [2.75, 3.05) is 12.5 Å². The van der Waals surface area contributed by atoms with Gasteiger partial charge in [0.1, 0.15) is 12.6 Å². The lowest BCUT2D eigenvalue weighted by Gasteiger charge is -2.08. The first-order chi connectivity index (χ1) is 51.0. The van der Waals surface area contributed by atoms with Crippen LogP contribution in [-0.4, -0.2) is 88.8 Å². The Balaban J connectivity index is 0.000000332. The standard InChI is InChI=1S/C22H22O4S2.C10H14O4S2.C10H10.C8H4Br2O2.C8H4Cl2O2.C8H8Cl2.C8H10O2.C8H6O2/c1-17-3-11-21(12-4-17)27(23,24)15-19-7-9-20(10-8-19)16-28(25,26)22-13-5-18(2)6-14-22;1-15(11,12)7-9-3-5-10(6-4-9)8-16(2,13)14;1-3-9-5-7-10(4-2)8-6-9;2*9-7(11)5-1-2-6(4-3-5)8(10)12;3*9-5-7-1-2-8(6-10)4-3-7/h3-14H,15-16H2,1-2H3;3-6H,7-8H2,1-2H3;3-8H,1-2H2;2*1-4H;1-4H,5-6H2;1-4,9-10H,5-6H2;1-6H. The minimum Gasteiger partial charge on any atom is -0.392 e. The number of benzene rings is 10. The zero-order chi connectivity index (χ0) is 80.6. The van der Waals surface area contributed by atoms with Crippen molar-refractivity contribution in [3.63, 3.8) is 0 Å². The van der Waals surface area contributed by atoms with Gasteiger partial charge in [-0.2, -0.15) is 0 Å². The maximum absolute atomic E-state index is 12.5. The molecule has 0 atom stereocenters. The Hall–Kier alpha value is -8.46. The molecule has 0 spiro atoms. The van der Waals surface area contributed by atoms with Crippen LogP contribution in [0.5, 0.6) is 0 Å². The monoisotopic (exact) mass is 1740 g/mol. The van der Waals surface area contributed by atoms with Gasteiger partial charge in [-0.3, -0.25) is 28.8 Å². The average Bonchev–Trinajstić information content (AvgIpc) is 0.738. The van der Waals surface area contributed by atoms with Crippen molar-refractivity contribution in [1.29, 1.82) is 0 Å². The summed E-state index contributed by atoms with van der Waals surface area (Å²) in [7, 11) is -13.0. The molecule has 108 heavy (non-hydrogen) atoms. The zero-order valence-electron chi connectivity index (χ0n) is 59.0. The number of hydrogen-bond donors (Lipinski definition) is 2. The van der Waals surface area contributed by atoms with Gasteiger partial charge in [-0.05, 0) is 197 Å². The third-order valence-corrected chi connectivity index (χ3v) is 21.5. The van der Waals surface area contributed by atoms with E-state index in [-0.39, 0.29) is 55.4 Å². The molecule has 0 fully saturated rings. The summed E-state index contributed by atoms with van der Waals surface area (Å²) in [6.45, 7) is 11.2. The first-order valence-corrected chi connectivity index (χ1v) is 42.8. The van der Waals surface area contributed by atoms with Gasteiger partial charge in [0.25, 0.3) is 10.5 Å². The van der Waals surface area contributed by atoms with Crippen LogP contribution in [0.15, 0.2) is 266 Å². The molecule has 0 saturated heterocycles. The van der Waals surface area contributed by atoms with Crippen molar-refractivity contribution in [2.24, 2.45) is 0 Å². The minimum absolute atomic E-state index is 0.0217. The molecule has 568 valence electrons. The number of alkyl halides is 2. The average molecular weight is 1750 g/mol. The second-order valence-electron chi connectivity index (χ2n) is 23.4. The lowest BCUT2D eigenvalue weighted by molar-refractivity contribution is 0.107. The molecule has 0 aliphatic rings. The minimum atomic E-state index is -3.44. The fourth-order valence-electron chi connectivity index (χ4n) is 8.52. The molecule has 10 aromatic rings. The normalized spacial score (nSPS) is 10.6. The molecule has 2 N–H and O–H groups in total. The van der Waals surface area contributed by atoms with Gasteiger partial charge in [-0.15, -0.1) is 23.2 Å². The highest BCUT2D eigenvalue weighted by Gasteiger charge is 2.18. The lowest BCUT2D eigenvalue weighted by Crippen LogP contribution is -2.07. The molecule has 0 heterocycles. The van der Waals surface area contributed by atoms with E-state index in [4.69, 9.17) is 56.6 Å². The summed E-state index contributed by atoms with van der Waals surface area (Å²) in [5.74, 6) is 0.853. The molecular formula is C82H78Br2Cl4O16S4. The maximum atomic E-state index is 12.5. The zero-order valence-corrected chi connectivity index (χ0v) is 68.4. The van der Waals surface area contributed by atoms with Crippen molar-refractivity contribution in [3.05, 3.63) is 356 Å². The van der Waals surface area contributed by atoms with Gasteiger partial charge < -0.3 is 10.2 Å². The molecule has 0 amide bonds. The molecule has 0 radical (unpaired) electrons. The van der Waals surface area contributed by atoms with Gasteiger partial charge in [0.15, 0.2) is 39.3 Å². The summed E-state index contributed by atoms with van der Waals surface area (Å²) >= 11 is 27.2. The second kappa shape index (κ2) is 48.1. The van der Waals surface area contributed by atoms with Gasteiger partial charge in [0.2, 0.25) is 9.39 Å². The van der Waals surface area contributed by atoms with E-state index in [1.807, 2.05) is 74.5 Å². The summed E-state index contributed by atoms with van der Waals surface area (Å²) in [5, 5.41) is 16.2. The Bertz CT molecular complexity index is 4530. The smallest absolute Gasteiger partial charge is 0.252 e. The van der Waals surface area contributed by atoms with Gasteiger partial charge in [-0.25, -0.2) is 33.7 Å². The van der Waals surface area contributed by atoms with E-state index in [2.05, 4.69) is 45.0 Å². The van der Waals surface area contributed by atoms with Crippen molar-refractivity contribution in [1.82, 2.24) is 0 Å². The fourth-order valence-corrected chi connectivity index (χ4v) is 13.9. The molecule has 0 aliphatic carbocycles. The Morgan fingerprint density at radius 1 is 0.343 bits per heavy atom. The van der Waals surface area contributed by atoms with Crippen molar-refractivity contribution in [3.8, 4) is 0 Å². The highest BCUT2D eigenvalue weighted by molar-refractivity contribution is 9.18. The number of aryl methyl sites for hydroxylation is 2. The van der Waals surface area contributed by atoms with E-state index in [9.17, 15) is 62.4 Å². The second-order valence-corrected chi connectivity index (χ2v) is 34.3. The molecule has 10 rings (SSSR count). The van der Waals surface area contributed by atoms with E-state index in [1.165, 1.54) is 24.3 Å². The SMILES string of the molecule is C=Cc1ccc(C=C)cc1.CS(=O)(=O)Cc1ccc(CS(C)(=O)=O)cc1.Cc1ccc(S(=O)(=O)Cc2ccc(CS(=O)(=O)c3ccc(C)cc3)cc2)cc1.ClCc1ccc(CCl)cc1.O=C(Br)c1ccc(C(=O)Br)cc1.O=C(Cl)c1ccc(C(=O)Cl)cc1.O=Cc1ccc(C=O)cc1.OCc1ccc(CO)cc1. The summed E-state index contributed by atoms with van der Waals surface area (Å²) in [5.41, 5.74) is 13.8. The fraction of sp³-hybridized carbons (Fsp3) is 0.146. The largest absolute Gasteiger partial charge is 0.392 e. The third kappa shape index (κ3) is 37.6. The topological polar surface area (TPSA) is 279 Å². The Kier molecular flexibility index (Phi) is 41.8. The van der Waals surface area contributed by atoms with Crippen LogP contribution in [0.1, 0.15) is 129 Å². The number of carbonyl (C=O) groups is 6. The predicted octanol–water partition coefficient (Wildman–Crippen LogP) is 18.3. The molecule has 0 bridgehead atoms. The van der Waals surface area contributed by atoms with Crippen LogP contribution in [0, 0.1) is 13.8 Å². The van der Waals surface area contributed by atoms with Gasteiger partial charge in [0.05, 0.1) is 46.0 Å². The summed E-state index contributed by atoms with van der Waals surface area (Å²) in [4.78, 5) is 63.4. The van der Waals surface area contributed by atoms with E-state index < -0.39 is 49.8 Å². The number of sulfone groups is 4. The molecular weight excluding hydrogens is 1670 g/mol. The Morgan fingerprint density at radius 2 is 0.565 bits per heavy atom. The lowest BCUT2D eigenvalue weighted by atomic mass is 10.1. The van der Waals surface area contributed by atoms with Crippen LogP contribution in [-0.2, 0) is 87.3 Å². The van der Waals surface area contributed by atoms with Gasteiger partial charge >= 0.3 is 0 Å². The molecule has 0 unspecified atom stereocenters. The number of rotatable bonds is 22. The first kappa shape index (κ1) is 93.7. The molecule has 16 nitrogen and oxygen atoms in total. The van der Waals surface area contributed by atoms with Crippen LogP contribution in [0.25, 0.3) is 12.2 Å². The number of hydrogen-bond acceptors (Lipinski definition) is 16. The van der Waals surface area contributed by atoms with Gasteiger partial charge in [0, 0.05) is 57.7 Å². The molecule has 10 aromatic carbocycles. The van der Waals surface area contributed by atoms with E-state index in [0.717, 1.165) is 69.6 Å². The van der Waals surface area contributed by atoms with Crippen molar-refractivity contribution >= 4 is 162 Å². The van der Waals surface area contributed by atoms with Crippen LogP contribution in [0.3, 0.4) is 0 Å². The van der Waals surface area contributed by atoms with Crippen molar-refractivity contribution < 1.29 is 72.7 Å².